The summed E-state index contributed by atoms with van der Waals surface area (Å²) in [7, 11) is 4.01. The van der Waals surface area contributed by atoms with Crippen molar-refractivity contribution in [1.29, 1.82) is 0 Å². The fraction of sp³-hybridized carbons (Fsp3) is 0.400. The third kappa shape index (κ3) is 3.89. The van der Waals surface area contributed by atoms with Gasteiger partial charge < -0.3 is 9.47 Å². The third-order valence-electron chi connectivity index (χ3n) is 3.34. The molecule has 0 N–H and O–H groups in total. The molecule has 1 unspecified atom stereocenters. The van der Waals surface area contributed by atoms with E-state index in [1.54, 1.807) is 18.9 Å². The van der Waals surface area contributed by atoms with Crippen LogP contribution in [-0.4, -0.2) is 28.2 Å². The van der Waals surface area contributed by atoms with E-state index < -0.39 is 10.8 Å². The van der Waals surface area contributed by atoms with Gasteiger partial charge in [0.25, 0.3) is 0 Å². The van der Waals surface area contributed by atoms with Crippen LogP contribution < -0.4 is 9.47 Å². The zero-order valence-corrected chi connectivity index (χ0v) is 15.5. The molecule has 1 aromatic carbocycles. The number of aryl methyl sites for hydroxylation is 2. The summed E-state index contributed by atoms with van der Waals surface area (Å²) in [5, 5.41) is 4.34. The molecule has 0 saturated carbocycles. The lowest BCUT2D eigenvalue weighted by Gasteiger charge is -2.11. The summed E-state index contributed by atoms with van der Waals surface area (Å²) in [5.74, 6) is 2.13. The van der Waals surface area contributed by atoms with Crippen LogP contribution in [0.1, 0.15) is 17.0 Å². The normalized spacial score (nSPS) is 12.2. The second-order valence-electron chi connectivity index (χ2n) is 4.93. The van der Waals surface area contributed by atoms with Crippen LogP contribution in [0.5, 0.6) is 11.5 Å². The minimum atomic E-state index is -1.05. The summed E-state index contributed by atoms with van der Waals surface area (Å²) in [6.45, 7) is 1.98. The van der Waals surface area contributed by atoms with Crippen LogP contribution in [-0.2, 0) is 29.4 Å². The predicted octanol–water partition coefficient (Wildman–Crippen LogP) is 2.96. The molecular weight excluding hydrogens is 368 g/mol. The number of ether oxygens (including phenoxy) is 2. The maximum Gasteiger partial charge on any atom is 0.161 e. The monoisotopic (exact) mass is 386 g/mol. The number of aromatic nitrogens is 2. The summed E-state index contributed by atoms with van der Waals surface area (Å²) >= 11 is 3.49. The van der Waals surface area contributed by atoms with Crippen molar-refractivity contribution in [3.63, 3.8) is 0 Å². The molecule has 120 valence electrons. The van der Waals surface area contributed by atoms with Crippen LogP contribution in [0.25, 0.3) is 0 Å². The molecule has 0 aliphatic rings. The first-order valence-corrected chi connectivity index (χ1v) is 8.97. The Bertz CT molecular complexity index is 681. The minimum Gasteiger partial charge on any atom is -0.493 e. The van der Waals surface area contributed by atoms with E-state index in [4.69, 9.17) is 9.47 Å². The molecule has 1 heterocycles. The first kappa shape index (κ1) is 17.0. The van der Waals surface area contributed by atoms with Crippen molar-refractivity contribution in [2.24, 2.45) is 7.05 Å². The van der Waals surface area contributed by atoms with Gasteiger partial charge in [-0.15, -0.1) is 0 Å². The lowest BCUT2D eigenvalue weighted by molar-refractivity contribution is 0.354. The number of hydrogen-bond donors (Lipinski definition) is 0. The highest BCUT2D eigenvalue weighted by molar-refractivity contribution is 9.10. The van der Waals surface area contributed by atoms with Gasteiger partial charge >= 0.3 is 0 Å². The summed E-state index contributed by atoms with van der Waals surface area (Å²) in [4.78, 5) is 0. The molecule has 0 radical (unpaired) electrons. The van der Waals surface area contributed by atoms with Crippen molar-refractivity contribution >= 4 is 26.7 Å². The smallest absolute Gasteiger partial charge is 0.161 e. The molecule has 0 aliphatic heterocycles. The van der Waals surface area contributed by atoms with Gasteiger partial charge in [0.05, 0.1) is 31.4 Å². The topological polar surface area (TPSA) is 53.4 Å². The molecule has 0 saturated heterocycles. The van der Waals surface area contributed by atoms with E-state index in [-0.39, 0.29) is 0 Å². The molecular formula is C15H19BrN2O3S. The number of nitrogens with zero attached hydrogens (tertiary/aromatic N) is 2. The van der Waals surface area contributed by atoms with Crippen LogP contribution in [0.4, 0.5) is 0 Å². The summed E-state index contributed by atoms with van der Waals surface area (Å²) < 4.78 is 25.6. The van der Waals surface area contributed by atoms with E-state index in [0.717, 1.165) is 21.4 Å². The molecule has 7 heteroatoms. The van der Waals surface area contributed by atoms with Crippen LogP contribution in [0.2, 0.25) is 0 Å². The Balaban J connectivity index is 2.14. The lowest BCUT2D eigenvalue weighted by Crippen LogP contribution is -2.02. The van der Waals surface area contributed by atoms with Crippen LogP contribution in [0, 0.1) is 6.92 Å². The van der Waals surface area contributed by atoms with E-state index in [1.807, 2.05) is 32.2 Å². The summed E-state index contributed by atoms with van der Waals surface area (Å²) in [6, 6.07) is 5.64. The molecule has 0 aliphatic carbocycles. The molecule has 5 nitrogen and oxygen atoms in total. The standard InChI is InChI=1S/C15H19BrN2O3S/c1-10-5-12(17-18(10)2)9-22(19)8-11-6-14(20-3)15(21-4)7-13(11)16/h5-7H,8-9H2,1-4H3. The highest BCUT2D eigenvalue weighted by Gasteiger charge is 2.13. The highest BCUT2D eigenvalue weighted by atomic mass is 79.9. The zero-order chi connectivity index (χ0) is 16.3. The number of methoxy groups -OCH3 is 2. The SMILES string of the molecule is COc1cc(Br)c(CS(=O)Cc2cc(C)n(C)n2)cc1OC. The van der Waals surface area contributed by atoms with Gasteiger partial charge in [-0.25, -0.2) is 0 Å². The van der Waals surface area contributed by atoms with Crippen LogP contribution in [0.3, 0.4) is 0 Å². The number of hydrogen-bond acceptors (Lipinski definition) is 4. The van der Waals surface area contributed by atoms with Gasteiger partial charge in [-0.2, -0.15) is 5.10 Å². The molecule has 2 aromatic rings. The lowest BCUT2D eigenvalue weighted by atomic mass is 10.2. The van der Waals surface area contributed by atoms with E-state index in [1.165, 1.54) is 0 Å². The maximum atomic E-state index is 12.4. The van der Waals surface area contributed by atoms with E-state index in [2.05, 4.69) is 21.0 Å². The summed E-state index contributed by atoms with van der Waals surface area (Å²) in [5.41, 5.74) is 2.82. The highest BCUT2D eigenvalue weighted by Crippen LogP contribution is 2.34. The Morgan fingerprint density at radius 3 is 2.36 bits per heavy atom. The van der Waals surface area contributed by atoms with Crippen molar-refractivity contribution in [1.82, 2.24) is 9.78 Å². The van der Waals surface area contributed by atoms with E-state index in [0.29, 0.717) is 23.0 Å². The Kier molecular flexibility index (Phi) is 5.63. The second kappa shape index (κ2) is 7.28. The number of rotatable bonds is 6. The zero-order valence-electron chi connectivity index (χ0n) is 13.1. The Labute approximate surface area is 141 Å². The first-order chi connectivity index (χ1) is 10.4. The van der Waals surface area contributed by atoms with Gasteiger partial charge in [0.15, 0.2) is 11.5 Å². The molecule has 0 fully saturated rings. The molecule has 1 aromatic heterocycles. The van der Waals surface area contributed by atoms with Gasteiger partial charge in [-0.3, -0.25) is 8.89 Å². The second-order valence-corrected chi connectivity index (χ2v) is 7.24. The molecule has 0 amide bonds. The average Bonchev–Trinajstić information content (AvgIpc) is 2.78. The van der Waals surface area contributed by atoms with Crippen molar-refractivity contribution in [3.8, 4) is 11.5 Å². The Morgan fingerprint density at radius 1 is 1.18 bits per heavy atom. The first-order valence-electron chi connectivity index (χ1n) is 6.69. The van der Waals surface area contributed by atoms with Crippen molar-refractivity contribution in [2.75, 3.05) is 14.2 Å². The fourth-order valence-corrected chi connectivity index (χ4v) is 3.91. The maximum absolute atomic E-state index is 12.4. The minimum absolute atomic E-state index is 0.427. The molecule has 22 heavy (non-hydrogen) atoms. The third-order valence-corrected chi connectivity index (χ3v) is 5.33. The fourth-order valence-electron chi connectivity index (χ4n) is 2.10. The summed E-state index contributed by atoms with van der Waals surface area (Å²) in [6.07, 6.45) is 0. The largest absolute Gasteiger partial charge is 0.493 e. The van der Waals surface area contributed by atoms with Crippen LogP contribution >= 0.6 is 15.9 Å². The number of benzene rings is 1. The van der Waals surface area contributed by atoms with Gasteiger partial charge in [0.2, 0.25) is 0 Å². The predicted molar refractivity (Wildman–Crippen MR) is 90.7 cm³/mol. The Morgan fingerprint density at radius 2 is 1.82 bits per heavy atom. The van der Waals surface area contributed by atoms with Gasteiger partial charge in [-0.1, -0.05) is 15.9 Å². The van der Waals surface area contributed by atoms with E-state index >= 15 is 0 Å². The molecule has 0 spiro atoms. The molecule has 2 rings (SSSR count). The quantitative estimate of drug-likeness (QED) is 0.765. The van der Waals surface area contributed by atoms with Crippen molar-refractivity contribution in [3.05, 3.63) is 39.6 Å². The molecule has 1 atom stereocenters. The molecule has 0 bridgehead atoms. The number of halogens is 1. The Hall–Kier alpha value is -1.34. The van der Waals surface area contributed by atoms with Crippen molar-refractivity contribution in [2.45, 2.75) is 18.4 Å². The van der Waals surface area contributed by atoms with Crippen molar-refractivity contribution < 1.29 is 13.7 Å². The van der Waals surface area contributed by atoms with Crippen LogP contribution in [0.15, 0.2) is 22.7 Å². The van der Waals surface area contributed by atoms with Gasteiger partial charge in [-0.05, 0) is 30.7 Å². The van der Waals surface area contributed by atoms with E-state index in [9.17, 15) is 4.21 Å². The van der Waals surface area contributed by atoms with Gasteiger partial charge in [0.1, 0.15) is 0 Å². The van der Waals surface area contributed by atoms with Gasteiger partial charge in [0, 0.05) is 28.0 Å². The average molecular weight is 387 g/mol.